The summed E-state index contributed by atoms with van der Waals surface area (Å²) in [5.41, 5.74) is 0.480. The second-order valence-corrected chi connectivity index (χ2v) is 9.07. The molecule has 184 valence electrons. The lowest BCUT2D eigenvalue weighted by Crippen LogP contribution is -2.38. The van der Waals surface area contributed by atoms with Gasteiger partial charge in [0.2, 0.25) is 0 Å². The molecule has 3 aromatic carbocycles. The van der Waals surface area contributed by atoms with E-state index in [2.05, 4.69) is 4.98 Å². The number of H-pyrrole nitrogens is 1. The van der Waals surface area contributed by atoms with Gasteiger partial charge in [0.1, 0.15) is 23.0 Å². The molecule has 5 rings (SSSR count). The lowest BCUT2D eigenvalue weighted by Gasteiger charge is -2.37. The number of hydrogen-bond acceptors (Lipinski definition) is 5. The third-order valence-corrected chi connectivity index (χ3v) is 6.71. The molecule has 3 atom stereocenters. The molecule has 2 heterocycles. The van der Waals surface area contributed by atoms with Crippen molar-refractivity contribution in [3.8, 4) is 0 Å². The molecular formula is C28H25ClN2O5. The quantitative estimate of drug-likeness (QED) is 0.373. The molecule has 0 radical (unpaired) electrons. The fraction of sp³-hybridized carbons (Fsp3) is 0.214. The van der Waals surface area contributed by atoms with Gasteiger partial charge in [-0.15, -0.1) is 0 Å². The molecule has 1 saturated heterocycles. The normalized spacial score (nSPS) is 19.9. The van der Waals surface area contributed by atoms with Crippen molar-refractivity contribution in [2.45, 2.75) is 30.5 Å². The zero-order valence-corrected chi connectivity index (χ0v) is 20.0. The van der Waals surface area contributed by atoms with E-state index in [9.17, 15) is 14.7 Å². The molecular weight excluding hydrogens is 480 g/mol. The molecule has 1 aliphatic heterocycles. The largest absolute Gasteiger partial charge is 0.390 e. The van der Waals surface area contributed by atoms with Crippen LogP contribution in [-0.2, 0) is 15.1 Å². The maximum Gasteiger partial charge on any atom is 0.330 e. The summed E-state index contributed by atoms with van der Waals surface area (Å²) in [7, 11) is 0. The molecule has 1 fully saturated rings. The van der Waals surface area contributed by atoms with Crippen molar-refractivity contribution in [3.63, 3.8) is 0 Å². The highest BCUT2D eigenvalue weighted by molar-refractivity contribution is 6.30. The van der Waals surface area contributed by atoms with Gasteiger partial charge in [0, 0.05) is 12.6 Å². The topological polar surface area (TPSA) is 93.6 Å². The van der Waals surface area contributed by atoms with Gasteiger partial charge in [-0.1, -0.05) is 103 Å². The zero-order chi connectivity index (χ0) is 25.1. The van der Waals surface area contributed by atoms with Gasteiger partial charge in [0.25, 0.3) is 5.56 Å². The second kappa shape index (κ2) is 10.2. The van der Waals surface area contributed by atoms with Crippen molar-refractivity contribution < 1.29 is 14.6 Å². The highest BCUT2D eigenvalue weighted by atomic mass is 35.5. The van der Waals surface area contributed by atoms with E-state index in [0.29, 0.717) is 0 Å². The average Bonchev–Trinajstić information content (AvgIpc) is 3.28. The third-order valence-electron chi connectivity index (χ3n) is 6.44. The van der Waals surface area contributed by atoms with Crippen LogP contribution in [-0.4, -0.2) is 33.5 Å². The molecule has 8 heteroatoms. The van der Waals surface area contributed by atoms with Gasteiger partial charge >= 0.3 is 5.69 Å². The number of nitrogens with one attached hydrogen (secondary N) is 1. The van der Waals surface area contributed by atoms with Crippen LogP contribution in [0.2, 0.25) is 5.02 Å². The van der Waals surface area contributed by atoms with Crippen molar-refractivity contribution in [1.82, 2.24) is 9.55 Å². The second-order valence-electron chi connectivity index (χ2n) is 8.67. The summed E-state index contributed by atoms with van der Waals surface area (Å²) in [5, 5.41) is 10.7. The van der Waals surface area contributed by atoms with Gasteiger partial charge in [-0.25, -0.2) is 4.79 Å². The standard InChI is InChI=1S/C28H25ClN2O5/c29-22-17-31(27(34)30-26(22)33)25-16-23(32)24(36-25)18-35-28(19-10-4-1-5-11-19,20-12-6-2-7-13-20)21-14-8-3-9-15-21/h1-15,17,23-25,32H,16,18H2,(H,30,33,34)/t23-,24-,25-/m1/s1. The number of aromatic nitrogens is 2. The van der Waals surface area contributed by atoms with E-state index in [1.807, 2.05) is 91.0 Å². The van der Waals surface area contributed by atoms with Gasteiger partial charge in [-0.3, -0.25) is 14.3 Å². The summed E-state index contributed by atoms with van der Waals surface area (Å²) in [6, 6.07) is 29.7. The van der Waals surface area contributed by atoms with Crippen LogP contribution in [0.15, 0.2) is 107 Å². The Hall–Kier alpha value is -3.49. The summed E-state index contributed by atoms with van der Waals surface area (Å²) < 4.78 is 14.0. The zero-order valence-electron chi connectivity index (χ0n) is 19.3. The molecule has 0 saturated carbocycles. The minimum absolute atomic E-state index is 0.0438. The van der Waals surface area contributed by atoms with Gasteiger partial charge < -0.3 is 14.6 Å². The fourth-order valence-electron chi connectivity index (χ4n) is 4.69. The predicted octanol–water partition coefficient (Wildman–Crippen LogP) is 3.85. The minimum Gasteiger partial charge on any atom is -0.390 e. The van der Waals surface area contributed by atoms with E-state index in [1.54, 1.807) is 0 Å². The molecule has 0 aliphatic carbocycles. The van der Waals surface area contributed by atoms with Gasteiger partial charge in [0.15, 0.2) is 0 Å². The van der Waals surface area contributed by atoms with Crippen LogP contribution in [0.3, 0.4) is 0 Å². The highest BCUT2D eigenvalue weighted by Gasteiger charge is 2.41. The van der Waals surface area contributed by atoms with Crippen LogP contribution in [0.25, 0.3) is 0 Å². The van der Waals surface area contributed by atoms with Gasteiger partial charge in [-0.05, 0) is 16.7 Å². The lowest BCUT2D eigenvalue weighted by atomic mass is 9.80. The molecule has 0 unspecified atom stereocenters. The number of hydrogen-bond donors (Lipinski definition) is 2. The number of benzene rings is 3. The van der Waals surface area contributed by atoms with E-state index in [4.69, 9.17) is 21.1 Å². The summed E-state index contributed by atoms with van der Waals surface area (Å²) in [6.45, 7) is 0.0438. The van der Waals surface area contributed by atoms with E-state index < -0.39 is 35.3 Å². The molecule has 0 spiro atoms. The van der Waals surface area contributed by atoms with Gasteiger partial charge in [0.05, 0.1) is 12.7 Å². The molecule has 1 aliphatic rings. The smallest absolute Gasteiger partial charge is 0.330 e. The number of aliphatic hydroxyl groups excluding tert-OH is 1. The van der Waals surface area contributed by atoms with E-state index in [-0.39, 0.29) is 18.1 Å². The monoisotopic (exact) mass is 504 g/mol. The first-order valence-corrected chi connectivity index (χ1v) is 12.0. The first kappa shape index (κ1) is 24.2. The molecule has 2 N–H and O–H groups in total. The first-order chi connectivity index (χ1) is 17.5. The Morgan fingerprint density at radius 1 is 0.917 bits per heavy atom. The Morgan fingerprint density at radius 2 is 1.42 bits per heavy atom. The van der Waals surface area contributed by atoms with Crippen molar-refractivity contribution in [1.29, 1.82) is 0 Å². The van der Waals surface area contributed by atoms with E-state index >= 15 is 0 Å². The molecule has 0 bridgehead atoms. The van der Waals surface area contributed by atoms with Crippen LogP contribution >= 0.6 is 11.6 Å². The van der Waals surface area contributed by atoms with Crippen molar-refractivity contribution >= 4 is 11.6 Å². The Bertz CT molecular complexity index is 1330. The predicted molar refractivity (Wildman–Crippen MR) is 136 cm³/mol. The minimum atomic E-state index is -0.969. The van der Waals surface area contributed by atoms with E-state index in [0.717, 1.165) is 16.7 Å². The number of ether oxygens (including phenoxy) is 2. The number of aromatic amines is 1. The summed E-state index contributed by atoms with van der Waals surface area (Å²) in [4.78, 5) is 26.1. The van der Waals surface area contributed by atoms with Crippen LogP contribution in [0.5, 0.6) is 0 Å². The Morgan fingerprint density at radius 3 is 1.92 bits per heavy atom. The Kier molecular flexibility index (Phi) is 6.89. The summed E-state index contributed by atoms with van der Waals surface area (Å²) in [6.07, 6.45) is -1.04. The summed E-state index contributed by atoms with van der Waals surface area (Å²) >= 11 is 5.92. The number of rotatable bonds is 7. The number of aliphatic hydroxyl groups is 1. The Labute approximate surface area is 212 Å². The van der Waals surface area contributed by atoms with Crippen LogP contribution in [0.4, 0.5) is 0 Å². The van der Waals surface area contributed by atoms with Crippen LogP contribution < -0.4 is 11.2 Å². The highest BCUT2D eigenvalue weighted by Crippen LogP contribution is 2.41. The SMILES string of the molecule is O=c1[nH]c(=O)n([C@H]2C[C@@H](O)[C@@H](COC(c3ccccc3)(c3ccccc3)c3ccccc3)O2)cc1Cl. The van der Waals surface area contributed by atoms with Gasteiger partial charge in [-0.2, -0.15) is 0 Å². The number of halogens is 1. The average molecular weight is 505 g/mol. The van der Waals surface area contributed by atoms with E-state index in [1.165, 1.54) is 10.8 Å². The first-order valence-electron chi connectivity index (χ1n) is 11.6. The van der Waals surface area contributed by atoms with Crippen molar-refractivity contribution in [2.24, 2.45) is 0 Å². The Balaban J connectivity index is 1.50. The van der Waals surface area contributed by atoms with Crippen LogP contribution in [0, 0.1) is 0 Å². The maximum atomic E-state index is 12.3. The molecule has 36 heavy (non-hydrogen) atoms. The molecule has 4 aromatic rings. The van der Waals surface area contributed by atoms with Crippen molar-refractivity contribution in [3.05, 3.63) is 140 Å². The third kappa shape index (κ3) is 4.54. The fourth-order valence-corrected chi connectivity index (χ4v) is 4.84. The molecule has 0 amide bonds. The van der Waals surface area contributed by atoms with Crippen LogP contribution in [0.1, 0.15) is 29.3 Å². The summed E-state index contributed by atoms with van der Waals surface area (Å²) in [5.74, 6) is 0. The van der Waals surface area contributed by atoms with Crippen molar-refractivity contribution in [2.75, 3.05) is 6.61 Å². The maximum absolute atomic E-state index is 12.3. The molecule has 1 aromatic heterocycles. The number of nitrogens with zero attached hydrogens (tertiary/aromatic N) is 1. The molecule has 7 nitrogen and oxygen atoms in total. The lowest BCUT2D eigenvalue weighted by molar-refractivity contribution is -0.0944.